The maximum Gasteiger partial charge on any atom is 0.224 e. The Morgan fingerprint density at radius 3 is 2.90 bits per heavy atom. The highest BCUT2D eigenvalue weighted by Crippen LogP contribution is 2.26. The fourth-order valence-electron chi connectivity index (χ4n) is 2.94. The number of aromatic nitrogens is 2. The SMILES string of the molecule is O=C(NCC1CCC1)[C@H]1CCCN(c2cnccn2)C1. The highest BCUT2D eigenvalue weighted by atomic mass is 16.1. The molecule has 20 heavy (non-hydrogen) atoms. The van der Waals surface area contributed by atoms with Gasteiger partial charge in [-0.3, -0.25) is 9.78 Å². The zero-order valence-electron chi connectivity index (χ0n) is 11.8. The van der Waals surface area contributed by atoms with Gasteiger partial charge in [-0.15, -0.1) is 0 Å². The molecule has 5 heteroatoms. The van der Waals surface area contributed by atoms with Crippen molar-refractivity contribution < 1.29 is 4.79 Å². The van der Waals surface area contributed by atoms with Crippen LogP contribution >= 0.6 is 0 Å². The number of hydrogen-bond acceptors (Lipinski definition) is 4. The van der Waals surface area contributed by atoms with Crippen LogP contribution in [-0.2, 0) is 4.79 Å². The Bertz CT molecular complexity index is 446. The van der Waals surface area contributed by atoms with Crippen molar-refractivity contribution in [1.82, 2.24) is 15.3 Å². The normalized spacial score (nSPS) is 23.2. The van der Waals surface area contributed by atoms with Crippen molar-refractivity contribution in [2.75, 3.05) is 24.5 Å². The minimum atomic E-state index is 0.0887. The summed E-state index contributed by atoms with van der Waals surface area (Å²) in [6.45, 7) is 2.58. The summed E-state index contributed by atoms with van der Waals surface area (Å²) < 4.78 is 0. The van der Waals surface area contributed by atoms with Crippen LogP contribution in [0.2, 0.25) is 0 Å². The summed E-state index contributed by atoms with van der Waals surface area (Å²) in [6.07, 6.45) is 11.0. The third kappa shape index (κ3) is 3.08. The van der Waals surface area contributed by atoms with Crippen molar-refractivity contribution >= 4 is 11.7 Å². The van der Waals surface area contributed by atoms with Crippen LogP contribution in [0.1, 0.15) is 32.1 Å². The summed E-state index contributed by atoms with van der Waals surface area (Å²) in [5, 5.41) is 3.12. The van der Waals surface area contributed by atoms with Crippen LogP contribution in [0.4, 0.5) is 5.82 Å². The van der Waals surface area contributed by atoms with E-state index in [1.54, 1.807) is 18.6 Å². The van der Waals surface area contributed by atoms with E-state index >= 15 is 0 Å². The van der Waals surface area contributed by atoms with Crippen molar-refractivity contribution in [2.45, 2.75) is 32.1 Å². The highest BCUT2D eigenvalue weighted by molar-refractivity contribution is 5.79. The standard InChI is InChI=1S/C15H22N4O/c20-15(18-9-12-3-1-4-12)13-5-2-8-19(11-13)14-10-16-6-7-17-14/h6-7,10,12-13H,1-5,8-9,11H2,(H,18,20)/t13-/m0/s1. The molecule has 1 saturated heterocycles. The average molecular weight is 274 g/mol. The van der Waals surface area contributed by atoms with E-state index in [0.717, 1.165) is 44.2 Å². The predicted octanol–water partition coefficient (Wildman–Crippen LogP) is 1.61. The first-order valence-corrected chi connectivity index (χ1v) is 7.61. The molecule has 2 heterocycles. The smallest absolute Gasteiger partial charge is 0.224 e. The van der Waals surface area contributed by atoms with Gasteiger partial charge in [-0.1, -0.05) is 6.42 Å². The van der Waals surface area contributed by atoms with Gasteiger partial charge in [-0.05, 0) is 31.6 Å². The van der Waals surface area contributed by atoms with Gasteiger partial charge in [0.1, 0.15) is 5.82 Å². The number of nitrogens with zero attached hydrogens (tertiary/aromatic N) is 3. The van der Waals surface area contributed by atoms with Crippen LogP contribution in [0, 0.1) is 11.8 Å². The molecular formula is C15H22N4O. The molecule has 1 aromatic rings. The van der Waals surface area contributed by atoms with E-state index in [1.165, 1.54) is 19.3 Å². The van der Waals surface area contributed by atoms with Gasteiger partial charge in [0.2, 0.25) is 5.91 Å². The maximum atomic E-state index is 12.2. The lowest BCUT2D eigenvalue weighted by atomic mass is 9.85. The number of amides is 1. The van der Waals surface area contributed by atoms with Gasteiger partial charge in [0.25, 0.3) is 0 Å². The van der Waals surface area contributed by atoms with Gasteiger partial charge < -0.3 is 10.2 Å². The van der Waals surface area contributed by atoms with Crippen molar-refractivity contribution in [3.63, 3.8) is 0 Å². The number of rotatable bonds is 4. The van der Waals surface area contributed by atoms with Gasteiger partial charge in [0.15, 0.2) is 0 Å². The van der Waals surface area contributed by atoms with E-state index in [2.05, 4.69) is 20.2 Å². The van der Waals surface area contributed by atoms with Crippen LogP contribution in [0.15, 0.2) is 18.6 Å². The van der Waals surface area contributed by atoms with Crippen LogP contribution in [0.25, 0.3) is 0 Å². The molecule has 0 unspecified atom stereocenters. The van der Waals surface area contributed by atoms with Crippen LogP contribution < -0.4 is 10.2 Å². The fraction of sp³-hybridized carbons (Fsp3) is 0.667. The second kappa shape index (κ2) is 6.20. The minimum Gasteiger partial charge on any atom is -0.356 e. The van der Waals surface area contributed by atoms with Crippen LogP contribution in [0.5, 0.6) is 0 Å². The average Bonchev–Trinajstić information content (AvgIpc) is 2.46. The third-order valence-electron chi connectivity index (χ3n) is 4.46. The molecule has 1 aliphatic carbocycles. The fourth-order valence-corrected chi connectivity index (χ4v) is 2.94. The summed E-state index contributed by atoms with van der Waals surface area (Å²) >= 11 is 0. The molecule has 1 aliphatic heterocycles. The quantitative estimate of drug-likeness (QED) is 0.906. The molecule has 1 aromatic heterocycles. The van der Waals surface area contributed by atoms with Crippen molar-refractivity contribution in [3.05, 3.63) is 18.6 Å². The number of hydrogen-bond donors (Lipinski definition) is 1. The Labute approximate surface area is 119 Å². The number of carbonyl (C=O) groups is 1. The lowest BCUT2D eigenvalue weighted by molar-refractivity contribution is -0.125. The summed E-state index contributed by atoms with van der Waals surface area (Å²) in [6, 6.07) is 0. The number of anilines is 1. The molecule has 2 fully saturated rings. The molecule has 108 valence electrons. The van der Waals surface area contributed by atoms with E-state index in [4.69, 9.17) is 0 Å². The van der Waals surface area contributed by atoms with E-state index in [1.807, 2.05) is 0 Å². The molecule has 0 radical (unpaired) electrons. The van der Waals surface area contributed by atoms with E-state index < -0.39 is 0 Å². The lowest BCUT2D eigenvalue weighted by Gasteiger charge is -2.33. The van der Waals surface area contributed by atoms with Crippen LogP contribution in [-0.4, -0.2) is 35.5 Å². The molecule has 1 saturated carbocycles. The summed E-state index contributed by atoms with van der Waals surface area (Å²) in [7, 11) is 0. The molecule has 1 N–H and O–H groups in total. The second-order valence-corrected chi connectivity index (χ2v) is 5.89. The van der Waals surface area contributed by atoms with E-state index in [-0.39, 0.29) is 11.8 Å². The molecule has 0 aromatic carbocycles. The lowest BCUT2D eigenvalue weighted by Crippen LogP contribution is -2.44. The Balaban J connectivity index is 1.53. The first-order valence-electron chi connectivity index (χ1n) is 7.61. The number of nitrogens with one attached hydrogen (secondary N) is 1. The largest absolute Gasteiger partial charge is 0.356 e. The highest BCUT2D eigenvalue weighted by Gasteiger charge is 2.27. The van der Waals surface area contributed by atoms with Crippen molar-refractivity contribution in [3.8, 4) is 0 Å². The van der Waals surface area contributed by atoms with Gasteiger partial charge in [-0.25, -0.2) is 4.98 Å². The predicted molar refractivity (Wildman–Crippen MR) is 77.3 cm³/mol. The monoisotopic (exact) mass is 274 g/mol. The second-order valence-electron chi connectivity index (χ2n) is 5.89. The molecule has 3 rings (SSSR count). The summed E-state index contributed by atoms with van der Waals surface area (Å²) in [4.78, 5) is 22.8. The van der Waals surface area contributed by atoms with E-state index in [0.29, 0.717) is 0 Å². The first-order chi connectivity index (χ1) is 9.83. The van der Waals surface area contributed by atoms with Gasteiger partial charge in [0, 0.05) is 32.0 Å². The zero-order valence-corrected chi connectivity index (χ0v) is 11.8. The maximum absolute atomic E-state index is 12.2. The van der Waals surface area contributed by atoms with Gasteiger partial charge in [-0.2, -0.15) is 0 Å². The Morgan fingerprint density at radius 2 is 2.20 bits per heavy atom. The molecule has 1 amide bonds. The van der Waals surface area contributed by atoms with E-state index in [9.17, 15) is 4.79 Å². The van der Waals surface area contributed by atoms with Crippen molar-refractivity contribution in [2.24, 2.45) is 11.8 Å². The Hall–Kier alpha value is -1.65. The molecule has 2 aliphatic rings. The molecule has 5 nitrogen and oxygen atoms in total. The topological polar surface area (TPSA) is 58.1 Å². The number of carbonyl (C=O) groups excluding carboxylic acids is 1. The van der Waals surface area contributed by atoms with Crippen molar-refractivity contribution in [1.29, 1.82) is 0 Å². The molecule has 0 spiro atoms. The van der Waals surface area contributed by atoms with Crippen LogP contribution in [0.3, 0.4) is 0 Å². The first kappa shape index (κ1) is 13.3. The Morgan fingerprint density at radius 1 is 1.30 bits per heavy atom. The van der Waals surface area contributed by atoms with Gasteiger partial charge in [0.05, 0.1) is 12.1 Å². The molecular weight excluding hydrogens is 252 g/mol. The minimum absolute atomic E-state index is 0.0887. The molecule has 0 bridgehead atoms. The number of piperidine rings is 1. The summed E-state index contributed by atoms with van der Waals surface area (Å²) in [5.74, 6) is 1.90. The molecule has 1 atom stereocenters. The summed E-state index contributed by atoms with van der Waals surface area (Å²) in [5.41, 5.74) is 0. The Kier molecular flexibility index (Phi) is 4.14. The third-order valence-corrected chi connectivity index (χ3v) is 4.46. The zero-order chi connectivity index (χ0) is 13.8. The van der Waals surface area contributed by atoms with Gasteiger partial charge >= 0.3 is 0 Å².